The molecule has 3 aromatic carbocycles. The lowest BCUT2D eigenvalue weighted by Crippen LogP contribution is -1.81. The molecule has 19 heavy (non-hydrogen) atoms. The Morgan fingerprint density at radius 3 is 2.00 bits per heavy atom. The Kier molecular flexibility index (Phi) is 3.16. The fraction of sp³-hybridized carbons (Fsp3) is 0.0526. The zero-order valence-electron chi connectivity index (χ0n) is 10.9. The minimum Gasteiger partial charge on any atom is -0.0622 e. The molecule has 0 fully saturated rings. The van der Waals surface area contributed by atoms with Crippen LogP contribution in [0.3, 0.4) is 0 Å². The summed E-state index contributed by atoms with van der Waals surface area (Å²) in [5, 5.41) is 0. The number of benzene rings is 3. The van der Waals surface area contributed by atoms with Gasteiger partial charge in [-0.15, -0.1) is 0 Å². The van der Waals surface area contributed by atoms with Crippen molar-refractivity contribution in [2.45, 2.75) is 6.92 Å². The highest BCUT2D eigenvalue weighted by molar-refractivity contribution is 5.70. The van der Waals surface area contributed by atoms with Crippen molar-refractivity contribution in [3.05, 3.63) is 84.4 Å². The van der Waals surface area contributed by atoms with Crippen LogP contribution in [0.2, 0.25) is 0 Å². The lowest BCUT2D eigenvalue weighted by atomic mass is 9.99. The van der Waals surface area contributed by atoms with Crippen LogP contribution in [0.15, 0.2) is 72.8 Å². The molecule has 3 rings (SSSR count). The van der Waals surface area contributed by atoms with E-state index in [4.69, 9.17) is 0 Å². The summed E-state index contributed by atoms with van der Waals surface area (Å²) in [5.74, 6) is 0. The zero-order valence-corrected chi connectivity index (χ0v) is 10.9. The van der Waals surface area contributed by atoms with Crippen molar-refractivity contribution in [1.82, 2.24) is 0 Å². The SMILES string of the molecule is Cc1cc[c]c(-c2ccc(-c3ccccc3)cc2)c1. The first-order chi connectivity index (χ1) is 9.33. The molecule has 91 valence electrons. The monoisotopic (exact) mass is 243 g/mol. The third-order valence-electron chi connectivity index (χ3n) is 3.26. The molecule has 0 heterocycles. The molecule has 0 heteroatoms. The van der Waals surface area contributed by atoms with Gasteiger partial charge in [0, 0.05) is 0 Å². The number of rotatable bonds is 2. The molecule has 0 atom stereocenters. The van der Waals surface area contributed by atoms with E-state index in [9.17, 15) is 0 Å². The number of hydrogen-bond donors (Lipinski definition) is 0. The Labute approximate surface area is 114 Å². The van der Waals surface area contributed by atoms with Crippen molar-refractivity contribution >= 4 is 0 Å². The van der Waals surface area contributed by atoms with Crippen molar-refractivity contribution < 1.29 is 0 Å². The van der Waals surface area contributed by atoms with Gasteiger partial charge in [-0.05, 0) is 35.2 Å². The highest BCUT2D eigenvalue weighted by Crippen LogP contribution is 2.24. The lowest BCUT2D eigenvalue weighted by Gasteiger charge is -2.05. The van der Waals surface area contributed by atoms with Crippen LogP contribution in [0.25, 0.3) is 22.3 Å². The molecule has 0 aliphatic heterocycles. The van der Waals surface area contributed by atoms with E-state index < -0.39 is 0 Å². The summed E-state index contributed by atoms with van der Waals surface area (Å²) < 4.78 is 0. The molecule has 0 aliphatic carbocycles. The average molecular weight is 243 g/mol. The predicted molar refractivity (Wildman–Crippen MR) is 80.9 cm³/mol. The third-order valence-corrected chi connectivity index (χ3v) is 3.26. The zero-order chi connectivity index (χ0) is 13.1. The lowest BCUT2D eigenvalue weighted by molar-refractivity contribution is 1.46. The number of aryl methyl sites for hydroxylation is 1. The van der Waals surface area contributed by atoms with Gasteiger partial charge >= 0.3 is 0 Å². The second-order valence-electron chi connectivity index (χ2n) is 4.72. The van der Waals surface area contributed by atoms with Gasteiger partial charge in [-0.1, -0.05) is 78.4 Å². The molecule has 0 unspecified atom stereocenters. The molecule has 0 saturated heterocycles. The summed E-state index contributed by atoms with van der Waals surface area (Å²) in [4.78, 5) is 0. The molecule has 0 aromatic heterocycles. The topological polar surface area (TPSA) is 0 Å². The first-order valence-corrected chi connectivity index (χ1v) is 6.47. The first kappa shape index (κ1) is 11.7. The van der Waals surface area contributed by atoms with Crippen molar-refractivity contribution in [2.24, 2.45) is 0 Å². The quantitative estimate of drug-likeness (QED) is 0.585. The van der Waals surface area contributed by atoms with E-state index in [1.54, 1.807) is 0 Å². The summed E-state index contributed by atoms with van der Waals surface area (Å²) in [6.45, 7) is 2.11. The third kappa shape index (κ3) is 2.58. The van der Waals surface area contributed by atoms with Crippen molar-refractivity contribution in [2.75, 3.05) is 0 Å². The van der Waals surface area contributed by atoms with Crippen molar-refractivity contribution in [3.8, 4) is 22.3 Å². The van der Waals surface area contributed by atoms with Crippen LogP contribution >= 0.6 is 0 Å². The molecular weight excluding hydrogens is 228 g/mol. The Morgan fingerprint density at radius 1 is 0.684 bits per heavy atom. The van der Waals surface area contributed by atoms with Gasteiger partial charge in [-0.25, -0.2) is 0 Å². The standard InChI is InChI=1S/C19H15/c1-15-6-5-9-19(14-15)18-12-10-17(11-13-18)16-7-3-2-4-8-16/h2-8,10-14H,1H3. The molecule has 0 nitrogen and oxygen atoms in total. The maximum atomic E-state index is 3.28. The Morgan fingerprint density at radius 2 is 1.32 bits per heavy atom. The van der Waals surface area contributed by atoms with Crippen LogP contribution in [0.4, 0.5) is 0 Å². The van der Waals surface area contributed by atoms with Gasteiger partial charge in [0.1, 0.15) is 0 Å². The molecule has 0 spiro atoms. The Hall–Kier alpha value is -2.34. The van der Waals surface area contributed by atoms with E-state index >= 15 is 0 Å². The van der Waals surface area contributed by atoms with Gasteiger partial charge in [-0.2, -0.15) is 0 Å². The Bertz CT molecular complexity index is 664. The summed E-state index contributed by atoms with van der Waals surface area (Å²) in [6.07, 6.45) is 0. The molecule has 0 saturated carbocycles. The maximum Gasteiger partial charge on any atom is -0.00990 e. The molecule has 1 radical (unpaired) electrons. The minimum absolute atomic E-state index is 1.15. The highest BCUT2D eigenvalue weighted by atomic mass is 14.0. The Balaban J connectivity index is 1.95. The van der Waals surface area contributed by atoms with Crippen LogP contribution in [0.5, 0.6) is 0 Å². The predicted octanol–water partition coefficient (Wildman–Crippen LogP) is 5.13. The number of hydrogen-bond acceptors (Lipinski definition) is 0. The molecule has 0 aliphatic rings. The van der Waals surface area contributed by atoms with Gasteiger partial charge in [0.2, 0.25) is 0 Å². The smallest absolute Gasteiger partial charge is 0.00990 e. The van der Waals surface area contributed by atoms with Gasteiger partial charge in [-0.3, -0.25) is 0 Å². The highest BCUT2D eigenvalue weighted by Gasteiger charge is 2.00. The van der Waals surface area contributed by atoms with Gasteiger partial charge in [0.05, 0.1) is 0 Å². The molecule has 0 bridgehead atoms. The van der Waals surface area contributed by atoms with Crippen LogP contribution < -0.4 is 0 Å². The second-order valence-corrected chi connectivity index (χ2v) is 4.72. The maximum absolute atomic E-state index is 3.28. The fourth-order valence-corrected chi connectivity index (χ4v) is 2.22. The van der Waals surface area contributed by atoms with Crippen molar-refractivity contribution in [3.63, 3.8) is 0 Å². The van der Waals surface area contributed by atoms with E-state index in [1.165, 1.54) is 22.3 Å². The normalized spacial score (nSPS) is 10.4. The van der Waals surface area contributed by atoms with Gasteiger partial charge in [0.15, 0.2) is 0 Å². The van der Waals surface area contributed by atoms with Crippen molar-refractivity contribution in [1.29, 1.82) is 0 Å². The summed E-state index contributed by atoms with van der Waals surface area (Å²) in [6, 6.07) is 28.6. The van der Waals surface area contributed by atoms with E-state index in [1.807, 2.05) is 12.1 Å². The molecule has 3 aromatic rings. The van der Waals surface area contributed by atoms with E-state index in [2.05, 4.69) is 73.7 Å². The van der Waals surface area contributed by atoms with E-state index in [0.29, 0.717) is 0 Å². The molecule has 0 amide bonds. The first-order valence-electron chi connectivity index (χ1n) is 6.47. The van der Waals surface area contributed by atoms with Gasteiger partial charge in [0.25, 0.3) is 0 Å². The minimum atomic E-state index is 1.15. The molecule has 0 N–H and O–H groups in total. The van der Waals surface area contributed by atoms with Crippen LogP contribution in [0, 0.1) is 13.0 Å². The van der Waals surface area contributed by atoms with E-state index in [0.717, 1.165) is 5.56 Å². The fourth-order valence-electron chi connectivity index (χ4n) is 2.22. The van der Waals surface area contributed by atoms with E-state index in [-0.39, 0.29) is 0 Å². The van der Waals surface area contributed by atoms with Crippen LogP contribution in [-0.2, 0) is 0 Å². The van der Waals surface area contributed by atoms with Crippen LogP contribution in [0.1, 0.15) is 5.56 Å². The largest absolute Gasteiger partial charge is 0.0622 e. The average Bonchev–Trinajstić information content (AvgIpc) is 2.48. The molecular formula is C19H15. The summed E-state index contributed by atoms with van der Waals surface area (Å²) in [5.41, 5.74) is 6.13. The van der Waals surface area contributed by atoms with Crippen LogP contribution in [-0.4, -0.2) is 0 Å². The van der Waals surface area contributed by atoms with Gasteiger partial charge < -0.3 is 0 Å². The second kappa shape index (κ2) is 5.11. The summed E-state index contributed by atoms with van der Waals surface area (Å²) in [7, 11) is 0. The summed E-state index contributed by atoms with van der Waals surface area (Å²) >= 11 is 0.